The predicted octanol–water partition coefficient (Wildman–Crippen LogP) is 3.83. The van der Waals surface area contributed by atoms with Crippen molar-refractivity contribution in [1.82, 2.24) is 0 Å². The molecule has 3 nitrogen and oxygen atoms in total. The lowest BCUT2D eigenvalue weighted by Crippen LogP contribution is -1.98. The second kappa shape index (κ2) is 5.76. The zero-order valence-corrected chi connectivity index (χ0v) is 11.1. The number of ether oxygens (including phenoxy) is 1. The van der Waals surface area contributed by atoms with Gasteiger partial charge in [0, 0.05) is 0 Å². The number of phenolic OH excluding ortho intramolecular Hbond substituents is 1. The van der Waals surface area contributed by atoms with Crippen molar-refractivity contribution < 1.29 is 14.6 Å². The molecule has 0 amide bonds. The maximum atomic E-state index is 11.2. The van der Waals surface area contributed by atoms with E-state index in [0.717, 1.165) is 5.56 Å². The number of hydrogen-bond acceptors (Lipinski definition) is 3. The first kappa shape index (κ1) is 13.4. The first-order chi connectivity index (χ1) is 9.09. The Morgan fingerprint density at radius 1 is 1.21 bits per heavy atom. The van der Waals surface area contributed by atoms with E-state index in [1.807, 2.05) is 30.3 Å². The van der Waals surface area contributed by atoms with Crippen molar-refractivity contribution >= 4 is 17.4 Å². The van der Waals surface area contributed by atoms with Gasteiger partial charge in [-0.25, -0.2) is 0 Å². The van der Waals surface area contributed by atoms with Crippen molar-refractivity contribution in [1.29, 1.82) is 0 Å². The third-order valence-electron chi connectivity index (χ3n) is 2.70. The number of benzene rings is 2. The van der Waals surface area contributed by atoms with E-state index >= 15 is 0 Å². The SMILES string of the molecule is CC(=O)c1ccc(OCc2ccccc2)c(Cl)c1O. The maximum Gasteiger partial charge on any atom is 0.163 e. The molecule has 0 bridgehead atoms. The lowest BCUT2D eigenvalue weighted by atomic mass is 10.1. The van der Waals surface area contributed by atoms with Crippen molar-refractivity contribution in [3.05, 3.63) is 58.6 Å². The molecule has 2 aromatic rings. The van der Waals surface area contributed by atoms with E-state index in [1.165, 1.54) is 13.0 Å². The number of ketones is 1. The standard InChI is InChI=1S/C15H13ClO3/c1-10(17)12-7-8-13(14(16)15(12)18)19-9-11-5-3-2-4-6-11/h2-8,18H,9H2,1H3. The summed E-state index contributed by atoms with van der Waals surface area (Å²) in [5.41, 5.74) is 1.19. The Hall–Kier alpha value is -2.00. The number of phenols is 1. The Kier molecular flexibility index (Phi) is 4.07. The Bertz CT molecular complexity index is 594. The Morgan fingerprint density at radius 2 is 1.89 bits per heavy atom. The molecule has 0 fully saturated rings. The highest BCUT2D eigenvalue weighted by molar-refractivity contribution is 6.34. The monoisotopic (exact) mass is 276 g/mol. The highest BCUT2D eigenvalue weighted by Gasteiger charge is 2.14. The minimum Gasteiger partial charge on any atom is -0.505 e. The highest BCUT2D eigenvalue weighted by atomic mass is 35.5. The fourth-order valence-corrected chi connectivity index (χ4v) is 1.90. The Morgan fingerprint density at radius 3 is 2.53 bits per heavy atom. The molecule has 0 saturated heterocycles. The van der Waals surface area contributed by atoms with Crippen molar-refractivity contribution in [3.63, 3.8) is 0 Å². The summed E-state index contributed by atoms with van der Waals surface area (Å²) < 4.78 is 5.54. The highest BCUT2D eigenvalue weighted by Crippen LogP contribution is 2.36. The van der Waals surface area contributed by atoms with Crippen LogP contribution in [-0.4, -0.2) is 10.9 Å². The molecule has 2 rings (SSSR count). The molecular formula is C15H13ClO3. The van der Waals surface area contributed by atoms with Gasteiger partial charge in [0.15, 0.2) is 5.78 Å². The zero-order valence-electron chi connectivity index (χ0n) is 10.4. The summed E-state index contributed by atoms with van der Waals surface area (Å²) in [6, 6.07) is 12.7. The molecular weight excluding hydrogens is 264 g/mol. The van der Waals surface area contributed by atoms with Gasteiger partial charge in [0.05, 0.1) is 5.56 Å². The van der Waals surface area contributed by atoms with Crippen LogP contribution < -0.4 is 4.74 Å². The van der Waals surface area contributed by atoms with Crippen molar-refractivity contribution in [2.24, 2.45) is 0 Å². The van der Waals surface area contributed by atoms with Crippen LogP contribution in [0.3, 0.4) is 0 Å². The van der Waals surface area contributed by atoms with Crippen LogP contribution in [0.1, 0.15) is 22.8 Å². The molecule has 0 spiro atoms. The second-order valence-corrected chi connectivity index (χ2v) is 4.48. The molecule has 0 unspecified atom stereocenters. The molecule has 1 N–H and O–H groups in total. The summed E-state index contributed by atoms with van der Waals surface area (Å²) in [6.45, 7) is 1.72. The van der Waals surface area contributed by atoms with Crippen LogP contribution in [0, 0.1) is 0 Å². The summed E-state index contributed by atoms with van der Waals surface area (Å²) in [4.78, 5) is 11.2. The van der Waals surface area contributed by atoms with E-state index in [0.29, 0.717) is 12.4 Å². The van der Waals surface area contributed by atoms with Crippen LogP contribution in [0.2, 0.25) is 5.02 Å². The number of carbonyl (C=O) groups excluding carboxylic acids is 1. The minimum atomic E-state index is -0.242. The fourth-order valence-electron chi connectivity index (χ4n) is 1.68. The van der Waals surface area contributed by atoms with Crippen molar-refractivity contribution in [3.8, 4) is 11.5 Å². The average Bonchev–Trinajstić information content (AvgIpc) is 2.41. The van der Waals surface area contributed by atoms with E-state index in [1.54, 1.807) is 6.07 Å². The number of carbonyl (C=O) groups is 1. The van der Waals surface area contributed by atoms with E-state index in [2.05, 4.69) is 0 Å². The summed E-state index contributed by atoms with van der Waals surface area (Å²) >= 11 is 5.98. The Balaban J connectivity index is 2.18. The molecule has 0 atom stereocenters. The molecule has 4 heteroatoms. The van der Waals surface area contributed by atoms with E-state index in [9.17, 15) is 9.90 Å². The maximum absolute atomic E-state index is 11.2. The summed E-state index contributed by atoms with van der Waals surface area (Å²) in [6.07, 6.45) is 0. The van der Waals surface area contributed by atoms with Gasteiger partial charge in [-0.2, -0.15) is 0 Å². The van der Waals surface area contributed by atoms with Crippen LogP contribution in [-0.2, 0) is 6.61 Å². The van der Waals surface area contributed by atoms with Gasteiger partial charge in [-0.1, -0.05) is 41.9 Å². The Labute approximate surface area is 116 Å². The normalized spacial score (nSPS) is 10.2. The predicted molar refractivity (Wildman–Crippen MR) is 73.9 cm³/mol. The number of rotatable bonds is 4. The summed E-state index contributed by atoms with van der Waals surface area (Å²) in [7, 11) is 0. The lowest BCUT2D eigenvalue weighted by Gasteiger charge is -2.10. The van der Waals surface area contributed by atoms with Crippen LogP contribution in [0.4, 0.5) is 0 Å². The van der Waals surface area contributed by atoms with Gasteiger partial charge < -0.3 is 9.84 Å². The topological polar surface area (TPSA) is 46.5 Å². The van der Waals surface area contributed by atoms with Crippen LogP contribution in [0.25, 0.3) is 0 Å². The average molecular weight is 277 g/mol. The quantitative estimate of drug-likeness (QED) is 0.864. The summed E-state index contributed by atoms with van der Waals surface area (Å²) in [5, 5.41) is 9.87. The van der Waals surface area contributed by atoms with E-state index < -0.39 is 0 Å². The first-order valence-electron chi connectivity index (χ1n) is 5.78. The molecule has 0 aromatic heterocycles. The number of halogens is 1. The molecule has 0 saturated carbocycles. The number of Topliss-reactive ketones (excluding diaryl/α,β-unsaturated/α-hetero) is 1. The minimum absolute atomic E-state index is 0.0589. The van der Waals surface area contributed by atoms with Crippen molar-refractivity contribution in [2.75, 3.05) is 0 Å². The third-order valence-corrected chi connectivity index (χ3v) is 3.06. The van der Waals surface area contributed by atoms with Gasteiger partial charge >= 0.3 is 0 Å². The van der Waals surface area contributed by atoms with Gasteiger partial charge in [0.2, 0.25) is 0 Å². The molecule has 0 aliphatic rings. The first-order valence-corrected chi connectivity index (χ1v) is 6.16. The second-order valence-electron chi connectivity index (χ2n) is 4.10. The number of hydrogen-bond donors (Lipinski definition) is 1. The number of aromatic hydroxyl groups is 1. The molecule has 19 heavy (non-hydrogen) atoms. The smallest absolute Gasteiger partial charge is 0.163 e. The van der Waals surface area contributed by atoms with Crippen LogP contribution in [0.15, 0.2) is 42.5 Å². The third kappa shape index (κ3) is 3.06. The lowest BCUT2D eigenvalue weighted by molar-refractivity contribution is 0.101. The van der Waals surface area contributed by atoms with Gasteiger partial charge in [0.25, 0.3) is 0 Å². The van der Waals surface area contributed by atoms with Crippen molar-refractivity contribution in [2.45, 2.75) is 13.5 Å². The molecule has 0 aliphatic carbocycles. The molecule has 0 radical (unpaired) electrons. The molecule has 0 aliphatic heterocycles. The molecule has 2 aromatic carbocycles. The van der Waals surface area contributed by atoms with Gasteiger partial charge in [-0.05, 0) is 24.6 Å². The van der Waals surface area contributed by atoms with Crippen LogP contribution in [0.5, 0.6) is 11.5 Å². The van der Waals surface area contributed by atoms with Crippen LogP contribution >= 0.6 is 11.6 Å². The van der Waals surface area contributed by atoms with Gasteiger partial charge in [-0.3, -0.25) is 4.79 Å². The van der Waals surface area contributed by atoms with E-state index in [4.69, 9.17) is 16.3 Å². The fraction of sp³-hybridized carbons (Fsp3) is 0.133. The van der Waals surface area contributed by atoms with Gasteiger partial charge in [-0.15, -0.1) is 0 Å². The van der Waals surface area contributed by atoms with E-state index in [-0.39, 0.29) is 22.1 Å². The molecule has 0 heterocycles. The molecule has 98 valence electrons. The summed E-state index contributed by atoms with van der Waals surface area (Å²) in [5.74, 6) is -0.123. The zero-order chi connectivity index (χ0) is 13.8. The largest absolute Gasteiger partial charge is 0.505 e. The van der Waals surface area contributed by atoms with Gasteiger partial charge in [0.1, 0.15) is 23.1 Å².